The molecule has 208 valence electrons. The van der Waals surface area contributed by atoms with Gasteiger partial charge in [-0.1, -0.05) is 112 Å². The third kappa shape index (κ3) is 9.09. The number of allylic oxidation sites excluding steroid dienone is 1. The summed E-state index contributed by atoms with van der Waals surface area (Å²) in [6.45, 7) is 22.3. The molecule has 0 bridgehead atoms. The van der Waals surface area contributed by atoms with E-state index >= 15 is 0 Å². The van der Waals surface area contributed by atoms with Crippen LogP contribution in [0.5, 0.6) is 0 Å². The maximum Gasteiger partial charge on any atom is 2.00 e. The second-order valence-corrected chi connectivity index (χ2v) is 25.2. The molecule has 0 saturated carbocycles. The molecule has 0 radical (unpaired) electrons. The Morgan fingerprint density at radius 2 is 1.35 bits per heavy atom. The van der Waals surface area contributed by atoms with Crippen LogP contribution >= 0.6 is 0 Å². The van der Waals surface area contributed by atoms with Crippen LogP contribution in [0.15, 0.2) is 66.2 Å². The van der Waals surface area contributed by atoms with Crippen LogP contribution in [-0.2, 0) is 26.2 Å². The molecule has 0 N–H and O–H groups in total. The van der Waals surface area contributed by atoms with E-state index in [9.17, 15) is 4.46 Å². The van der Waals surface area contributed by atoms with Crippen LogP contribution in [-0.4, -0.2) is 42.1 Å². The first kappa shape index (κ1) is 34.4. The van der Waals surface area contributed by atoms with Gasteiger partial charge in [-0.3, -0.25) is 0 Å². The Morgan fingerprint density at radius 1 is 0.825 bits per heavy atom. The molecule has 6 heteroatoms. The van der Waals surface area contributed by atoms with E-state index in [1.165, 1.54) is 38.6 Å². The molecule has 0 amide bonds. The summed E-state index contributed by atoms with van der Waals surface area (Å²) in [5.74, 6) is 0.233. The molecule has 0 aliphatic heterocycles. The molecule has 3 aromatic rings. The van der Waals surface area contributed by atoms with Gasteiger partial charge in [-0.15, -0.1) is 11.1 Å². The van der Waals surface area contributed by atoms with Gasteiger partial charge < -0.3 is 9.03 Å². The SMILES string of the molecule is CC1=Cc2c(-c3cccc4ccccc34)cccc2C1C[Si](=O)N(C)C(C)(C)C.C[Si](C)(C)C#C[Si](C)(C)C.[Ti+2]. The molecule has 4 rings (SSSR count). The summed E-state index contributed by atoms with van der Waals surface area (Å²) in [6, 6.07) is 22.4. The molecule has 0 fully saturated rings. The number of hydrogen-bond acceptors (Lipinski definition) is 1. The molecule has 2 nitrogen and oxygen atoms in total. The van der Waals surface area contributed by atoms with Crippen LogP contribution < -0.4 is 0 Å². The summed E-state index contributed by atoms with van der Waals surface area (Å²) in [7, 11) is -2.05. The van der Waals surface area contributed by atoms with Gasteiger partial charge in [0.15, 0.2) is 0 Å². The van der Waals surface area contributed by atoms with Crippen molar-refractivity contribution in [3.8, 4) is 22.2 Å². The Morgan fingerprint density at radius 3 is 1.93 bits per heavy atom. The molecule has 0 aromatic heterocycles. The summed E-state index contributed by atoms with van der Waals surface area (Å²) < 4.78 is 15.2. The summed E-state index contributed by atoms with van der Waals surface area (Å²) in [4.78, 5) is 0. The van der Waals surface area contributed by atoms with Crippen LogP contribution in [0, 0.1) is 11.1 Å². The minimum atomic E-state index is -1.85. The summed E-state index contributed by atoms with van der Waals surface area (Å²) in [6.07, 6.45) is 2.31. The molecule has 1 atom stereocenters. The second-order valence-electron chi connectivity index (χ2n) is 13.9. The Bertz CT molecular complexity index is 1420. The van der Waals surface area contributed by atoms with Crippen LogP contribution in [0.25, 0.3) is 28.0 Å². The first-order chi connectivity index (χ1) is 18.0. The van der Waals surface area contributed by atoms with Gasteiger partial charge in [0.25, 0.3) is 0 Å². The van der Waals surface area contributed by atoms with Gasteiger partial charge in [0.2, 0.25) is 0 Å². The van der Waals surface area contributed by atoms with E-state index in [1.807, 2.05) is 7.05 Å². The molecular formula is C34H47NOSi3Ti+2. The quantitative estimate of drug-likeness (QED) is 0.215. The van der Waals surface area contributed by atoms with E-state index in [1.54, 1.807) is 0 Å². The molecule has 1 aliphatic rings. The van der Waals surface area contributed by atoms with Crippen molar-refractivity contribution in [1.82, 2.24) is 4.57 Å². The minimum absolute atomic E-state index is 0. The topological polar surface area (TPSA) is 20.3 Å². The molecule has 0 saturated heterocycles. The van der Waals surface area contributed by atoms with Gasteiger partial charge in [0.1, 0.15) is 16.1 Å². The van der Waals surface area contributed by atoms with E-state index < -0.39 is 25.0 Å². The fourth-order valence-electron chi connectivity index (χ4n) is 4.65. The van der Waals surface area contributed by atoms with Gasteiger partial charge in [-0.25, -0.2) is 0 Å². The van der Waals surface area contributed by atoms with Crippen LogP contribution in [0.3, 0.4) is 0 Å². The standard InChI is InChI=1S/C26H29NOSi.C8H18Si2.Ti/c1-18-16-24-22(21-13-8-11-19-10-6-7-12-20(19)21)14-9-15-23(24)25(18)17-29(28)27(5)26(2,3)4;1-9(2,3)7-8-10(4,5)6;/h6-16,25H,17H2,1-5H3;1-6H3;/q;;+2. The van der Waals surface area contributed by atoms with Crippen molar-refractivity contribution in [3.05, 3.63) is 77.4 Å². The molecule has 1 unspecified atom stereocenters. The molecule has 1 aliphatic carbocycles. The fourth-order valence-corrected chi connectivity index (χ4v) is 9.56. The largest absolute Gasteiger partial charge is 2.00 e. The van der Waals surface area contributed by atoms with Gasteiger partial charge in [0.05, 0.1) is 0 Å². The van der Waals surface area contributed by atoms with E-state index in [2.05, 4.69) is 149 Å². The van der Waals surface area contributed by atoms with E-state index in [0.29, 0.717) is 6.04 Å². The van der Waals surface area contributed by atoms with E-state index in [0.717, 1.165) is 0 Å². The number of benzene rings is 3. The monoisotopic (exact) mass is 617 g/mol. The van der Waals surface area contributed by atoms with Crippen molar-refractivity contribution in [1.29, 1.82) is 0 Å². The van der Waals surface area contributed by atoms with Crippen LogP contribution in [0.2, 0.25) is 45.3 Å². The van der Waals surface area contributed by atoms with E-state index in [4.69, 9.17) is 0 Å². The normalized spacial score (nSPS) is 14.6. The number of hydrogen-bond donors (Lipinski definition) is 0. The van der Waals surface area contributed by atoms with E-state index in [-0.39, 0.29) is 33.2 Å². The Kier molecular flexibility index (Phi) is 11.6. The minimum Gasteiger partial charge on any atom is -0.375 e. The predicted molar refractivity (Wildman–Crippen MR) is 179 cm³/mol. The maximum absolute atomic E-state index is 13.1. The number of nitrogens with zero attached hydrogens (tertiary/aromatic N) is 1. The molecule has 3 aromatic carbocycles. The third-order valence-corrected chi connectivity index (χ3v) is 11.3. The fraction of sp³-hybridized carbons (Fsp3) is 0.412. The second kappa shape index (κ2) is 13.4. The first-order valence-corrected chi connectivity index (χ1v) is 22.6. The van der Waals surface area contributed by atoms with Crippen LogP contribution in [0.1, 0.15) is 44.7 Å². The van der Waals surface area contributed by atoms with Crippen molar-refractivity contribution in [2.45, 2.75) is 84.5 Å². The molecule has 0 heterocycles. The average Bonchev–Trinajstić information content (AvgIpc) is 3.16. The summed E-state index contributed by atoms with van der Waals surface area (Å²) in [5, 5.41) is 2.54. The summed E-state index contributed by atoms with van der Waals surface area (Å²) in [5.41, 5.74) is 13.2. The maximum atomic E-state index is 13.1. The van der Waals surface area contributed by atoms with Gasteiger partial charge in [-0.05, 0) is 60.7 Å². The van der Waals surface area contributed by atoms with Crippen molar-refractivity contribution in [2.75, 3.05) is 7.05 Å². The van der Waals surface area contributed by atoms with Gasteiger partial charge in [0, 0.05) is 24.5 Å². The zero-order valence-electron chi connectivity index (χ0n) is 26.5. The predicted octanol–water partition coefficient (Wildman–Crippen LogP) is 9.40. The van der Waals surface area contributed by atoms with Gasteiger partial charge in [-0.2, -0.15) is 0 Å². The van der Waals surface area contributed by atoms with Crippen molar-refractivity contribution in [2.24, 2.45) is 0 Å². The average molecular weight is 618 g/mol. The van der Waals surface area contributed by atoms with Crippen LogP contribution in [0.4, 0.5) is 0 Å². The zero-order chi connectivity index (χ0) is 29.2. The zero-order valence-corrected chi connectivity index (χ0v) is 31.1. The van der Waals surface area contributed by atoms with Crippen molar-refractivity contribution >= 4 is 41.8 Å². The summed E-state index contributed by atoms with van der Waals surface area (Å²) >= 11 is 0. The molecule has 40 heavy (non-hydrogen) atoms. The first-order valence-electron chi connectivity index (χ1n) is 14.1. The number of rotatable bonds is 4. The third-order valence-electron chi connectivity index (χ3n) is 7.09. The van der Waals surface area contributed by atoms with Crippen molar-refractivity contribution < 1.29 is 26.2 Å². The Hall–Kier alpha value is -1.82. The smallest absolute Gasteiger partial charge is 0.375 e. The molecular weight excluding hydrogens is 571 g/mol. The Balaban J connectivity index is 0.000000439. The Labute approximate surface area is 262 Å². The molecule has 0 spiro atoms. The van der Waals surface area contributed by atoms with Crippen molar-refractivity contribution in [3.63, 3.8) is 0 Å². The van der Waals surface area contributed by atoms with Gasteiger partial charge >= 0.3 is 30.6 Å². The number of fused-ring (bicyclic) bond motifs is 2.